The second-order valence-electron chi connectivity index (χ2n) is 7.02. The highest BCUT2D eigenvalue weighted by atomic mass is 16.3. The second kappa shape index (κ2) is 7.99. The highest BCUT2D eigenvalue weighted by molar-refractivity contribution is 5.69. The van der Waals surface area contributed by atoms with Gasteiger partial charge in [0.05, 0.1) is 12.4 Å². The summed E-state index contributed by atoms with van der Waals surface area (Å²) in [5, 5.41) is 22.8. The molecular formula is C19H25N5O4. The lowest BCUT2D eigenvalue weighted by molar-refractivity contribution is 0.169. The summed E-state index contributed by atoms with van der Waals surface area (Å²) in [5.41, 5.74) is 0.736. The molecule has 0 amide bonds. The van der Waals surface area contributed by atoms with Gasteiger partial charge in [0, 0.05) is 33.2 Å². The molecule has 0 fully saturated rings. The van der Waals surface area contributed by atoms with E-state index < -0.39 is 11.8 Å². The normalized spacial score (nSPS) is 13.7. The van der Waals surface area contributed by atoms with Crippen molar-refractivity contribution in [3.8, 4) is 5.75 Å². The van der Waals surface area contributed by atoms with Gasteiger partial charge in [-0.05, 0) is 31.0 Å². The molecule has 9 nitrogen and oxygen atoms in total. The monoisotopic (exact) mass is 387 g/mol. The summed E-state index contributed by atoms with van der Waals surface area (Å²) in [6.07, 6.45) is 1.60. The van der Waals surface area contributed by atoms with E-state index in [1.54, 1.807) is 42.2 Å². The van der Waals surface area contributed by atoms with Crippen molar-refractivity contribution in [3.05, 3.63) is 57.0 Å². The lowest BCUT2D eigenvalue weighted by Gasteiger charge is -2.18. The maximum Gasteiger partial charge on any atom is 0.332 e. The van der Waals surface area contributed by atoms with E-state index in [-0.39, 0.29) is 17.4 Å². The largest absolute Gasteiger partial charge is 0.508 e. The molecule has 9 heteroatoms. The molecule has 28 heavy (non-hydrogen) atoms. The van der Waals surface area contributed by atoms with Crippen LogP contribution >= 0.6 is 0 Å². The van der Waals surface area contributed by atoms with Gasteiger partial charge in [-0.15, -0.1) is 0 Å². The zero-order chi connectivity index (χ0) is 20.4. The van der Waals surface area contributed by atoms with Crippen LogP contribution in [0.15, 0.2) is 40.2 Å². The summed E-state index contributed by atoms with van der Waals surface area (Å²) in [7, 11) is 3.05. The quantitative estimate of drug-likeness (QED) is 0.535. The Morgan fingerprint density at radius 1 is 1.14 bits per heavy atom. The van der Waals surface area contributed by atoms with Gasteiger partial charge >= 0.3 is 5.69 Å². The number of phenols is 1. The van der Waals surface area contributed by atoms with E-state index in [2.05, 4.69) is 10.3 Å². The van der Waals surface area contributed by atoms with E-state index >= 15 is 0 Å². The number of imidazole rings is 1. The van der Waals surface area contributed by atoms with Gasteiger partial charge in [-0.3, -0.25) is 13.9 Å². The fourth-order valence-electron chi connectivity index (χ4n) is 3.13. The number of nitrogens with zero attached hydrogens (tertiary/aromatic N) is 4. The minimum absolute atomic E-state index is 0.0839. The van der Waals surface area contributed by atoms with Crippen molar-refractivity contribution in [2.75, 3.05) is 6.54 Å². The summed E-state index contributed by atoms with van der Waals surface area (Å²) in [5.74, 6) is 0.161. The van der Waals surface area contributed by atoms with Crippen molar-refractivity contribution in [1.29, 1.82) is 0 Å². The average Bonchev–Trinajstić information content (AvgIpc) is 3.12. The Hall–Kier alpha value is -2.91. The third-order valence-electron chi connectivity index (χ3n) is 4.96. The molecule has 3 rings (SSSR count). The van der Waals surface area contributed by atoms with Crippen molar-refractivity contribution < 1.29 is 10.2 Å². The number of fused-ring (bicyclic) bond motifs is 1. The van der Waals surface area contributed by atoms with Gasteiger partial charge in [0.2, 0.25) is 0 Å². The average molecular weight is 387 g/mol. The fraction of sp³-hybridized carbons (Fsp3) is 0.421. The van der Waals surface area contributed by atoms with E-state index in [1.165, 1.54) is 11.6 Å². The van der Waals surface area contributed by atoms with Crippen molar-refractivity contribution in [2.24, 2.45) is 14.1 Å². The molecule has 150 valence electrons. The van der Waals surface area contributed by atoms with Crippen molar-refractivity contribution in [1.82, 2.24) is 24.0 Å². The number of rotatable bonds is 7. The SMILES string of the molecule is CC(CCn1cnc2c1c(=O)n(C)c(=O)n2C)NCC(O)c1ccc(O)cc1. The molecule has 0 saturated carbocycles. The number of hydrogen-bond acceptors (Lipinski definition) is 6. The number of phenolic OH excluding ortho intramolecular Hbond substituents is 1. The van der Waals surface area contributed by atoms with Crippen LogP contribution in [0.2, 0.25) is 0 Å². The summed E-state index contributed by atoms with van der Waals surface area (Å²) in [6.45, 7) is 2.91. The number of aromatic nitrogens is 4. The van der Waals surface area contributed by atoms with Gasteiger partial charge in [0.25, 0.3) is 5.56 Å². The first-order valence-corrected chi connectivity index (χ1v) is 9.10. The first-order chi connectivity index (χ1) is 13.3. The number of aliphatic hydroxyl groups is 1. The third kappa shape index (κ3) is 3.85. The van der Waals surface area contributed by atoms with Crippen molar-refractivity contribution in [3.63, 3.8) is 0 Å². The molecule has 2 heterocycles. The van der Waals surface area contributed by atoms with Crippen LogP contribution in [0.5, 0.6) is 5.75 Å². The Labute approximate surface area is 161 Å². The van der Waals surface area contributed by atoms with Gasteiger partial charge < -0.3 is 20.1 Å². The van der Waals surface area contributed by atoms with Crippen LogP contribution in [0, 0.1) is 0 Å². The van der Waals surface area contributed by atoms with Crippen LogP contribution in [-0.2, 0) is 20.6 Å². The highest BCUT2D eigenvalue weighted by Crippen LogP contribution is 2.16. The lowest BCUT2D eigenvalue weighted by Crippen LogP contribution is -2.37. The lowest BCUT2D eigenvalue weighted by atomic mass is 10.1. The van der Waals surface area contributed by atoms with Crippen LogP contribution in [0.1, 0.15) is 25.0 Å². The number of hydrogen-bond donors (Lipinski definition) is 3. The minimum atomic E-state index is -0.682. The summed E-state index contributed by atoms with van der Waals surface area (Å²) >= 11 is 0. The predicted molar refractivity (Wildman–Crippen MR) is 105 cm³/mol. The van der Waals surface area contributed by atoms with Crippen LogP contribution < -0.4 is 16.6 Å². The Balaban J connectivity index is 1.63. The maximum absolute atomic E-state index is 12.4. The van der Waals surface area contributed by atoms with E-state index in [0.29, 0.717) is 30.7 Å². The van der Waals surface area contributed by atoms with E-state index in [4.69, 9.17) is 0 Å². The smallest absolute Gasteiger partial charge is 0.332 e. The molecule has 3 N–H and O–H groups in total. The van der Waals surface area contributed by atoms with Gasteiger partial charge in [-0.25, -0.2) is 9.78 Å². The zero-order valence-electron chi connectivity index (χ0n) is 16.2. The molecule has 2 unspecified atom stereocenters. The molecule has 0 spiro atoms. The van der Waals surface area contributed by atoms with Gasteiger partial charge in [-0.2, -0.15) is 0 Å². The van der Waals surface area contributed by atoms with Crippen molar-refractivity contribution >= 4 is 11.2 Å². The van der Waals surface area contributed by atoms with Crippen LogP contribution in [0.4, 0.5) is 0 Å². The highest BCUT2D eigenvalue weighted by Gasteiger charge is 2.15. The number of nitrogens with one attached hydrogen (secondary N) is 1. The van der Waals surface area contributed by atoms with E-state index in [9.17, 15) is 19.8 Å². The van der Waals surface area contributed by atoms with Crippen molar-refractivity contribution in [2.45, 2.75) is 32.0 Å². The molecule has 1 aromatic carbocycles. The van der Waals surface area contributed by atoms with Crippen LogP contribution in [-0.4, -0.2) is 41.5 Å². The van der Waals surface area contributed by atoms with Gasteiger partial charge in [0.15, 0.2) is 11.2 Å². The number of aryl methyl sites for hydroxylation is 2. The summed E-state index contributed by atoms with van der Waals surface area (Å²) < 4.78 is 4.20. The molecule has 0 saturated heterocycles. The standard InChI is InChI=1S/C19H25N5O4/c1-12(20-10-15(26)13-4-6-14(25)7-5-13)8-9-24-11-21-17-16(24)18(27)23(3)19(28)22(17)2/h4-7,11-12,15,20,25-26H,8-10H2,1-3H3. The molecule has 0 aliphatic rings. The molecule has 0 bridgehead atoms. The Morgan fingerprint density at radius 2 is 1.82 bits per heavy atom. The third-order valence-corrected chi connectivity index (χ3v) is 4.96. The molecule has 0 aliphatic heterocycles. The van der Waals surface area contributed by atoms with Gasteiger partial charge in [0.1, 0.15) is 5.75 Å². The first kappa shape index (κ1) is 19.8. The number of aromatic hydroxyl groups is 1. The topological polar surface area (TPSA) is 114 Å². The molecule has 0 radical (unpaired) electrons. The molecule has 0 aliphatic carbocycles. The Bertz CT molecular complexity index is 1080. The minimum Gasteiger partial charge on any atom is -0.508 e. The van der Waals surface area contributed by atoms with E-state index in [1.807, 2.05) is 6.92 Å². The summed E-state index contributed by atoms with van der Waals surface area (Å²) in [4.78, 5) is 28.7. The maximum atomic E-state index is 12.4. The zero-order valence-corrected chi connectivity index (χ0v) is 16.2. The Morgan fingerprint density at radius 3 is 2.50 bits per heavy atom. The van der Waals surface area contributed by atoms with E-state index in [0.717, 1.165) is 10.1 Å². The first-order valence-electron chi connectivity index (χ1n) is 9.10. The van der Waals surface area contributed by atoms with Gasteiger partial charge in [-0.1, -0.05) is 12.1 Å². The van der Waals surface area contributed by atoms with Crippen LogP contribution in [0.25, 0.3) is 11.2 Å². The molecular weight excluding hydrogens is 362 g/mol. The molecule has 2 aromatic heterocycles. The van der Waals surface area contributed by atoms with Crippen LogP contribution in [0.3, 0.4) is 0 Å². The molecule has 2 atom stereocenters. The summed E-state index contributed by atoms with van der Waals surface area (Å²) in [6, 6.07) is 6.54. The Kier molecular flexibility index (Phi) is 5.66. The fourth-order valence-corrected chi connectivity index (χ4v) is 3.13. The number of benzene rings is 1. The molecule has 3 aromatic rings. The predicted octanol–water partition coefficient (Wildman–Crippen LogP) is 0.241. The second-order valence-corrected chi connectivity index (χ2v) is 7.02. The number of aliphatic hydroxyl groups excluding tert-OH is 1.